The molecule has 3 saturated heterocycles. The molecule has 0 saturated carbocycles. The molecule has 0 bridgehead atoms. The number of unbranched alkanes of at least 4 members (excludes halogenated alkanes) is 47. The van der Waals surface area contributed by atoms with Crippen LogP contribution in [0.5, 0.6) is 0 Å². The summed E-state index contributed by atoms with van der Waals surface area (Å²) in [5, 5.41) is 121. The Bertz CT molecular complexity index is 2060. The average molecular weight is 1480 g/mol. The summed E-state index contributed by atoms with van der Waals surface area (Å²) in [4.78, 5) is 13.5. The van der Waals surface area contributed by atoms with Crippen molar-refractivity contribution in [2.45, 2.75) is 458 Å². The highest BCUT2D eigenvalue weighted by molar-refractivity contribution is 5.76. The highest BCUT2D eigenvalue weighted by Gasteiger charge is 2.54. The molecular formula is C85H157NO18. The monoisotopic (exact) mass is 1480 g/mol. The maximum Gasteiger partial charge on any atom is 0.220 e. The molecular weight excluding hydrogens is 1320 g/mol. The zero-order valence-electron chi connectivity index (χ0n) is 65.5. The summed E-state index contributed by atoms with van der Waals surface area (Å²) >= 11 is 0. The fourth-order valence-corrected chi connectivity index (χ4v) is 14.5. The van der Waals surface area contributed by atoms with E-state index in [0.717, 1.165) is 44.9 Å². The van der Waals surface area contributed by atoms with Crippen LogP contribution in [0.1, 0.15) is 354 Å². The normalized spacial score (nSPS) is 26.1. The van der Waals surface area contributed by atoms with Crippen LogP contribution < -0.4 is 5.32 Å². The molecule has 104 heavy (non-hydrogen) atoms. The predicted molar refractivity (Wildman–Crippen MR) is 416 cm³/mol. The van der Waals surface area contributed by atoms with Crippen LogP contribution in [0.25, 0.3) is 0 Å². The lowest BCUT2D eigenvalue weighted by atomic mass is 9.96. The topological polar surface area (TPSA) is 307 Å². The quantitative estimate of drug-likeness (QED) is 0.0199. The van der Waals surface area contributed by atoms with Crippen molar-refractivity contribution >= 4 is 5.91 Å². The molecule has 0 spiro atoms. The third kappa shape index (κ3) is 44.6. The molecule has 19 heteroatoms. The molecule has 3 aliphatic heterocycles. The van der Waals surface area contributed by atoms with Crippen LogP contribution in [0.2, 0.25) is 0 Å². The Hall–Kier alpha value is -2.25. The van der Waals surface area contributed by atoms with Gasteiger partial charge in [0.05, 0.1) is 38.6 Å². The number of hydrogen-bond donors (Lipinski definition) is 12. The van der Waals surface area contributed by atoms with Crippen molar-refractivity contribution in [3.8, 4) is 0 Å². The van der Waals surface area contributed by atoms with E-state index < -0.39 is 124 Å². The van der Waals surface area contributed by atoms with Crippen molar-refractivity contribution in [3.05, 3.63) is 48.6 Å². The first-order valence-electron chi connectivity index (χ1n) is 42.9. The molecule has 0 aromatic heterocycles. The van der Waals surface area contributed by atoms with Gasteiger partial charge in [-0.1, -0.05) is 326 Å². The molecule has 3 heterocycles. The van der Waals surface area contributed by atoms with Gasteiger partial charge in [-0.2, -0.15) is 0 Å². The van der Waals surface area contributed by atoms with E-state index >= 15 is 0 Å². The van der Waals surface area contributed by atoms with Crippen molar-refractivity contribution in [1.82, 2.24) is 5.32 Å². The minimum Gasteiger partial charge on any atom is -0.394 e. The van der Waals surface area contributed by atoms with Crippen LogP contribution in [0, 0.1) is 0 Å². The summed E-state index contributed by atoms with van der Waals surface area (Å²) in [7, 11) is 0. The molecule has 0 aromatic rings. The second kappa shape index (κ2) is 65.5. The Morgan fingerprint density at radius 3 is 0.962 bits per heavy atom. The first-order chi connectivity index (χ1) is 50.8. The zero-order valence-corrected chi connectivity index (χ0v) is 65.5. The van der Waals surface area contributed by atoms with Crippen LogP contribution >= 0.6 is 0 Å². The second-order valence-electron chi connectivity index (χ2n) is 30.6. The van der Waals surface area contributed by atoms with E-state index in [-0.39, 0.29) is 18.9 Å². The van der Waals surface area contributed by atoms with Crippen molar-refractivity contribution in [2.75, 3.05) is 26.4 Å². The molecule has 0 aromatic carbocycles. The molecule has 3 rings (SSSR count). The Balaban J connectivity index is 1.37. The SMILES string of the molecule is CCCCCCCCCC/C=C\CCCCCCCCCCCCCCCCCCCC(=O)NC(COC1OC(CO)C(OC2OC(CO)C(OC3OC(CO)C(O)C(O)C3O)C(O)C2O)C(O)C1O)C(O)/C=C/CC/C=C/CC/C=C/CCCCCCCCCCCCCCCCCCCCCC. The van der Waals surface area contributed by atoms with Crippen molar-refractivity contribution in [1.29, 1.82) is 0 Å². The van der Waals surface area contributed by atoms with E-state index in [1.165, 1.54) is 276 Å². The fourth-order valence-electron chi connectivity index (χ4n) is 14.5. The standard InChI is InChI=1S/C85H157NO18/c1-3-5-7-9-11-13-15-17-19-21-23-25-27-29-31-33-35-36-38-40-42-44-46-48-50-52-54-56-58-60-62-69(90)68(86-73(91)63-61-59-57-55-53-51-49-47-45-43-41-39-37-34-32-30-28-26-24-22-20-18-16-14-12-10-8-6-4-2)67-99-83-79(97)76(94)81(71(65-88)101-83)104-85-80(98)77(95)82(72(66-89)102-85)103-84-78(96)75(93)74(92)70(64-87)100-84/h22,24,44,46,52,54,60,62,68-72,74-85,87-90,92-98H,3-21,23,25-43,45,47-51,53,55-59,61,63-67H2,1-2H3,(H,86,91)/b24-22-,46-44+,54-52+,62-60+. The van der Waals surface area contributed by atoms with Gasteiger partial charge >= 0.3 is 0 Å². The van der Waals surface area contributed by atoms with Crippen LogP contribution in [0.15, 0.2) is 48.6 Å². The summed E-state index contributed by atoms with van der Waals surface area (Å²) in [5.74, 6) is -0.284. The van der Waals surface area contributed by atoms with Gasteiger partial charge in [0.25, 0.3) is 0 Å². The number of rotatable bonds is 69. The molecule has 0 aliphatic carbocycles. The molecule has 610 valence electrons. The van der Waals surface area contributed by atoms with Crippen molar-refractivity contribution in [2.24, 2.45) is 0 Å². The highest BCUT2D eigenvalue weighted by atomic mass is 16.8. The number of carbonyl (C=O) groups is 1. The lowest BCUT2D eigenvalue weighted by Crippen LogP contribution is -2.66. The number of carbonyl (C=O) groups excluding carboxylic acids is 1. The van der Waals surface area contributed by atoms with Gasteiger partial charge in [-0.05, 0) is 70.6 Å². The minimum atomic E-state index is -1.98. The van der Waals surface area contributed by atoms with E-state index in [1.54, 1.807) is 6.08 Å². The number of amides is 1. The lowest BCUT2D eigenvalue weighted by Gasteiger charge is -2.48. The van der Waals surface area contributed by atoms with Crippen LogP contribution in [-0.4, -0.2) is 193 Å². The maximum absolute atomic E-state index is 13.5. The number of aliphatic hydroxyl groups is 11. The van der Waals surface area contributed by atoms with Gasteiger partial charge in [-0.25, -0.2) is 0 Å². The maximum atomic E-state index is 13.5. The van der Waals surface area contributed by atoms with Crippen molar-refractivity contribution < 1.29 is 89.4 Å². The van der Waals surface area contributed by atoms with Gasteiger partial charge in [0.1, 0.15) is 73.2 Å². The molecule has 17 atom stereocenters. The first-order valence-corrected chi connectivity index (χ1v) is 42.9. The molecule has 3 aliphatic rings. The number of ether oxygens (including phenoxy) is 6. The third-order valence-corrected chi connectivity index (χ3v) is 21.3. The zero-order chi connectivity index (χ0) is 75.3. The highest BCUT2D eigenvalue weighted by Crippen LogP contribution is 2.33. The Morgan fingerprint density at radius 2 is 0.615 bits per heavy atom. The Labute approximate surface area is 631 Å². The van der Waals surface area contributed by atoms with Gasteiger partial charge < -0.3 is 89.9 Å². The summed E-state index contributed by atoms with van der Waals surface area (Å²) in [5.41, 5.74) is 0. The second-order valence-corrected chi connectivity index (χ2v) is 30.6. The predicted octanol–water partition coefficient (Wildman–Crippen LogP) is 15.2. The van der Waals surface area contributed by atoms with Gasteiger partial charge in [-0.15, -0.1) is 0 Å². The molecule has 3 fully saturated rings. The van der Waals surface area contributed by atoms with Gasteiger partial charge in [0, 0.05) is 6.42 Å². The van der Waals surface area contributed by atoms with E-state index in [4.69, 9.17) is 28.4 Å². The van der Waals surface area contributed by atoms with Crippen LogP contribution in [-0.2, 0) is 33.2 Å². The number of allylic oxidation sites excluding steroid dienone is 7. The molecule has 1 amide bonds. The Kier molecular flexibility index (Phi) is 60.4. The van der Waals surface area contributed by atoms with E-state index in [1.807, 2.05) is 6.08 Å². The summed E-state index contributed by atoms with van der Waals surface area (Å²) in [6.45, 7) is 1.77. The number of nitrogens with one attached hydrogen (secondary N) is 1. The van der Waals surface area contributed by atoms with Crippen LogP contribution in [0.4, 0.5) is 0 Å². The molecule has 0 radical (unpaired) electrons. The summed E-state index contributed by atoms with van der Waals surface area (Å²) in [6, 6.07) is -0.998. The molecule has 17 unspecified atom stereocenters. The van der Waals surface area contributed by atoms with E-state index in [0.29, 0.717) is 12.8 Å². The Morgan fingerprint density at radius 1 is 0.337 bits per heavy atom. The average Bonchev–Trinajstić information content (AvgIpc) is 0.781. The molecule has 19 nitrogen and oxygen atoms in total. The largest absolute Gasteiger partial charge is 0.394 e. The lowest BCUT2D eigenvalue weighted by molar-refractivity contribution is -0.379. The minimum absolute atomic E-state index is 0.234. The van der Waals surface area contributed by atoms with E-state index in [9.17, 15) is 61.0 Å². The van der Waals surface area contributed by atoms with Gasteiger partial charge in [-0.3, -0.25) is 4.79 Å². The van der Waals surface area contributed by atoms with Gasteiger partial charge in [0.15, 0.2) is 18.9 Å². The third-order valence-electron chi connectivity index (χ3n) is 21.3. The molecule has 12 N–H and O–H groups in total. The summed E-state index contributed by atoms with van der Waals surface area (Å²) < 4.78 is 34.5. The smallest absolute Gasteiger partial charge is 0.220 e. The fraction of sp³-hybridized carbons (Fsp3) is 0.894. The summed E-state index contributed by atoms with van der Waals surface area (Å²) in [6.07, 6.45) is 56.9. The van der Waals surface area contributed by atoms with Crippen molar-refractivity contribution in [3.63, 3.8) is 0 Å². The first kappa shape index (κ1) is 96.0. The van der Waals surface area contributed by atoms with Gasteiger partial charge in [0.2, 0.25) is 5.91 Å². The van der Waals surface area contributed by atoms with Crippen LogP contribution in [0.3, 0.4) is 0 Å². The number of hydrogen-bond acceptors (Lipinski definition) is 18. The number of aliphatic hydroxyl groups excluding tert-OH is 11. The van der Waals surface area contributed by atoms with E-state index in [2.05, 4.69) is 55.6 Å².